The number of hydrogen-bond acceptors (Lipinski definition) is 3. The molecule has 0 radical (unpaired) electrons. The number of nitrogens with two attached hydrogens (primary N) is 1. The molecule has 0 aliphatic rings. The van der Waals surface area contributed by atoms with E-state index in [1.807, 2.05) is 19.9 Å². The van der Waals surface area contributed by atoms with Crippen LogP contribution < -0.4 is 16.0 Å². The first kappa shape index (κ1) is 14.0. The van der Waals surface area contributed by atoms with Crippen LogP contribution >= 0.6 is 0 Å². The molecule has 0 spiro atoms. The fourth-order valence-corrected chi connectivity index (χ4v) is 1.44. The third-order valence-electron chi connectivity index (χ3n) is 2.32. The van der Waals surface area contributed by atoms with Gasteiger partial charge in [-0.2, -0.15) is 0 Å². The molecule has 3 N–H and O–H groups in total. The van der Waals surface area contributed by atoms with E-state index in [1.165, 1.54) is 6.07 Å². The van der Waals surface area contributed by atoms with Crippen molar-refractivity contribution in [2.45, 2.75) is 13.8 Å². The molecule has 1 aromatic rings. The van der Waals surface area contributed by atoms with E-state index in [4.69, 9.17) is 10.6 Å². The van der Waals surface area contributed by atoms with E-state index >= 15 is 0 Å². The molecule has 1 aromatic carbocycles. The molecule has 0 saturated carbocycles. The molecule has 0 fully saturated rings. The molecule has 0 bridgehead atoms. The highest BCUT2D eigenvalue weighted by Crippen LogP contribution is 2.19. The molecule has 0 amide bonds. The molecule has 0 unspecified atom stereocenters. The Kier molecular flexibility index (Phi) is 5.14. The smallest absolute Gasteiger partial charge is 0.165 e. The molecule has 0 heterocycles. The van der Waals surface area contributed by atoms with Crippen LogP contribution in [0.4, 0.5) is 4.39 Å². The average Bonchev–Trinajstić information content (AvgIpc) is 2.33. The van der Waals surface area contributed by atoms with Crippen molar-refractivity contribution >= 4 is 0 Å². The highest BCUT2D eigenvalue weighted by molar-refractivity contribution is 5.34. The number of rotatable bonds is 5. The maximum atomic E-state index is 13.3. The summed E-state index contributed by atoms with van der Waals surface area (Å²) in [6, 6.07) is 6.17. The predicted molar refractivity (Wildman–Crippen MR) is 71.0 cm³/mol. The standard InChI is InChI=1S/C14H17FN2O/c1-4-13(17-16)10(2)9-11(3)18-14-8-6-5-7-12(14)15/h4-9,17H,3,16H2,1-2H3/b10-9-,13-4+. The number of hydrazine groups is 1. The number of ether oxygens (including phenoxy) is 1. The molecular formula is C14H17FN2O. The zero-order chi connectivity index (χ0) is 13.5. The summed E-state index contributed by atoms with van der Waals surface area (Å²) in [6.45, 7) is 7.43. The molecule has 1 rings (SSSR count). The summed E-state index contributed by atoms with van der Waals surface area (Å²) in [5.74, 6) is 5.41. The Morgan fingerprint density at radius 2 is 2.11 bits per heavy atom. The maximum Gasteiger partial charge on any atom is 0.165 e. The minimum Gasteiger partial charge on any atom is -0.455 e. The molecule has 3 nitrogen and oxygen atoms in total. The number of benzene rings is 1. The first-order valence-corrected chi connectivity index (χ1v) is 5.51. The van der Waals surface area contributed by atoms with Gasteiger partial charge in [0.1, 0.15) is 5.76 Å². The van der Waals surface area contributed by atoms with Crippen molar-refractivity contribution in [2.75, 3.05) is 0 Å². The van der Waals surface area contributed by atoms with Gasteiger partial charge in [0.15, 0.2) is 11.6 Å². The lowest BCUT2D eigenvalue weighted by Crippen LogP contribution is -2.21. The number of hydrogen-bond donors (Lipinski definition) is 2. The molecule has 18 heavy (non-hydrogen) atoms. The topological polar surface area (TPSA) is 47.3 Å². The molecule has 0 saturated heterocycles. The molecule has 96 valence electrons. The molecular weight excluding hydrogens is 231 g/mol. The van der Waals surface area contributed by atoms with Gasteiger partial charge in [-0.05, 0) is 37.6 Å². The zero-order valence-electron chi connectivity index (χ0n) is 10.5. The van der Waals surface area contributed by atoms with Gasteiger partial charge in [0.05, 0.1) is 0 Å². The lowest BCUT2D eigenvalue weighted by atomic mass is 10.2. The highest BCUT2D eigenvalue weighted by atomic mass is 19.1. The van der Waals surface area contributed by atoms with Crippen molar-refractivity contribution in [1.82, 2.24) is 5.43 Å². The minimum atomic E-state index is -0.423. The van der Waals surface area contributed by atoms with Gasteiger partial charge in [0, 0.05) is 5.70 Å². The normalized spacial score (nSPS) is 12.2. The van der Waals surface area contributed by atoms with Gasteiger partial charge in [-0.1, -0.05) is 24.8 Å². The second-order valence-electron chi connectivity index (χ2n) is 3.67. The SMILES string of the molecule is C=C(/C=C(C)\C(=C/C)NN)Oc1ccccc1F. The van der Waals surface area contributed by atoms with E-state index in [-0.39, 0.29) is 5.75 Å². The first-order valence-electron chi connectivity index (χ1n) is 5.51. The van der Waals surface area contributed by atoms with Crippen molar-refractivity contribution in [3.63, 3.8) is 0 Å². The van der Waals surface area contributed by atoms with Crippen molar-refractivity contribution in [3.05, 3.63) is 65.8 Å². The van der Waals surface area contributed by atoms with Crippen molar-refractivity contribution in [1.29, 1.82) is 0 Å². The zero-order valence-corrected chi connectivity index (χ0v) is 10.5. The predicted octanol–water partition coefficient (Wildman–Crippen LogP) is 3.03. The first-order chi connectivity index (χ1) is 8.58. The van der Waals surface area contributed by atoms with Crippen LogP contribution in [0.3, 0.4) is 0 Å². The summed E-state index contributed by atoms with van der Waals surface area (Å²) < 4.78 is 18.7. The summed E-state index contributed by atoms with van der Waals surface area (Å²) in [5.41, 5.74) is 4.16. The number of allylic oxidation sites excluding steroid dienone is 3. The minimum absolute atomic E-state index is 0.147. The van der Waals surface area contributed by atoms with Gasteiger partial charge >= 0.3 is 0 Å². The largest absolute Gasteiger partial charge is 0.455 e. The summed E-state index contributed by atoms with van der Waals surface area (Å²) in [4.78, 5) is 0. The van der Waals surface area contributed by atoms with Crippen LogP contribution in [0.5, 0.6) is 5.75 Å². The fraction of sp³-hybridized carbons (Fsp3) is 0.143. The second kappa shape index (κ2) is 6.61. The number of halogens is 1. The summed E-state index contributed by atoms with van der Waals surface area (Å²) >= 11 is 0. The summed E-state index contributed by atoms with van der Waals surface area (Å²) in [5, 5.41) is 0. The lowest BCUT2D eigenvalue weighted by molar-refractivity contribution is 0.413. The Bertz CT molecular complexity index is 492. The van der Waals surface area contributed by atoms with Gasteiger partial charge in [0.2, 0.25) is 0 Å². The summed E-state index contributed by atoms with van der Waals surface area (Å²) in [6.07, 6.45) is 3.50. The van der Waals surface area contributed by atoms with Crippen LogP contribution in [0, 0.1) is 5.82 Å². The summed E-state index contributed by atoms with van der Waals surface area (Å²) in [7, 11) is 0. The highest BCUT2D eigenvalue weighted by Gasteiger charge is 2.03. The van der Waals surface area contributed by atoms with E-state index in [0.717, 1.165) is 11.3 Å². The molecule has 4 heteroatoms. The molecule has 0 atom stereocenters. The third kappa shape index (κ3) is 3.75. The van der Waals surface area contributed by atoms with E-state index in [9.17, 15) is 4.39 Å². The van der Waals surface area contributed by atoms with E-state index < -0.39 is 5.82 Å². The van der Waals surface area contributed by atoms with E-state index in [2.05, 4.69) is 12.0 Å². The van der Waals surface area contributed by atoms with Crippen molar-refractivity contribution in [2.24, 2.45) is 5.84 Å². The van der Waals surface area contributed by atoms with E-state index in [1.54, 1.807) is 24.3 Å². The Morgan fingerprint density at radius 3 is 2.67 bits per heavy atom. The molecule has 0 aliphatic carbocycles. The van der Waals surface area contributed by atoms with Gasteiger partial charge in [-0.3, -0.25) is 5.84 Å². The Balaban J connectivity index is 2.79. The average molecular weight is 248 g/mol. The number of nitrogens with one attached hydrogen (secondary N) is 1. The Morgan fingerprint density at radius 1 is 1.44 bits per heavy atom. The van der Waals surface area contributed by atoms with Gasteiger partial charge in [-0.15, -0.1) is 0 Å². The monoisotopic (exact) mass is 248 g/mol. The second-order valence-corrected chi connectivity index (χ2v) is 3.67. The number of para-hydroxylation sites is 1. The van der Waals surface area contributed by atoms with Crippen LogP contribution in [-0.4, -0.2) is 0 Å². The Hall–Kier alpha value is -2.07. The van der Waals surface area contributed by atoms with Crippen LogP contribution in [0.25, 0.3) is 0 Å². The Labute approximate surface area is 106 Å². The van der Waals surface area contributed by atoms with Gasteiger partial charge in [0.25, 0.3) is 0 Å². The van der Waals surface area contributed by atoms with Crippen LogP contribution in [0.15, 0.2) is 60.0 Å². The maximum absolute atomic E-state index is 13.3. The van der Waals surface area contributed by atoms with Gasteiger partial charge in [-0.25, -0.2) is 4.39 Å². The van der Waals surface area contributed by atoms with Crippen LogP contribution in [0.1, 0.15) is 13.8 Å². The van der Waals surface area contributed by atoms with Crippen LogP contribution in [0.2, 0.25) is 0 Å². The van der Waals surface area contributed by atoms with Crippen molar-refractivity contribution in [3.8, 4) is 5.75 Å². The molecule has 0 aromatic heterocycles. The third-order valence-corrected chi connectivity index (χ3v) is 2.32. The fourth-order valence-electron chi connectivity index (χ4n) is 1.44. The quantitative estimate of drug-likeness (QED) is 0.364. The van der Waals surface area contributed by atoms with Gasteiger partial charge < -0.3 is 10.2 Å². The van der Waals surface area contributed by atoms with Crippen LogP contribution in [-0.2, 0) is 0 Å². The lowest BCUT2D eigenvalue weighted by Gasteiger charge is -2.09. The van der Waals surface area contributed by atoms with E-state index in [0.29, 0.717) is 5.76 Å². The molecule has 0 aliphatic heterocycles. The van der Waals surface area contributed by atoms with Crippen molar-refractivity contribution < 1.29 is 9.13 Å².